The van der Waals surface area contributed by atoms with Gasteiger partial charge in [-0.25, -0.2) is 0 Å². The number of ether oxygens (including phenoxy) is 2. The summed E-state index contributed by atoms with van der Waals surface area (Å²) in [5, 5.41) is 3.31. The van der Waals surface area contributed by atoms with Crippen LogP contribution in [0.1, 0.15) is 27.2 Å². The predicted octanol–water partition coefficient (Wildman–Crippen LogP) is 0.953. The van der Waals surface area contributed by atoms with Gasteiger partial charge in [0.25, 0.3) is 0 Å². The Labute approximate surface area is 96.7 Å². The summed E-state index contributed by atoms with van der Waals surface area (Å²) in [7, 11) is 0. The predicted molar refractivity (Wildman–Crippen MR) is 60.1 cm³/mol. The SMILES string of the molecule is CCOC(=O)CNC1C2CCOC2C1(C)C. The normalized spacial score (nSPS) is 35.3. The minimum absolute atomic E-state index is 0.133. The van der Waals surface area contributed by atoms with Gasteiger partial charge in [0.15, 0.2) is 0 Å². The molecule has 1 heterocycles. The molecule has 3 atom stereocenters. The molecule has 1 N–H and O–H groups in total. The van der Waals surface area contributed by atoms with Gasteiger partial charge in [-0.15, -0.1) is 0 Å². The summed E-state index contributed by atoms with van der Waals surface area (Å²) in [6, 6.07) is 0.379. The van der Waals surface area contributed by atoms with Crippen molar-refractivity contribution >= 4 is 5.97 Å². The molecule has 1 saturated carbocycles. The molecule has 0 aromatic rings. The minimum atomic E-state index is -0.166. The highest BCUT2D eigenvalue weighted by Crippen LogP contribution is 2.51. The molecule has 2 aliphatic rings. The summed E-state index contributed by atoms with van der Waals surface area (Å²) in [5.74, 6) is 0.407. The Balaban J connectivity index is 1.84. The third-order valence-corrected chi connectivity index (χ3v) is 3.87. The van der Waals surface area contributed by atoms with Crippen molar-refractivity contribution in [2.24, 2.45) is 11.3 Å². The average molecular weight is 227 g/mol. The van der Waals surface area contributed by atoms with E-state index in [1.165, 1.54) is 0 Å². The van der Waals surface area contributed by atoms with E-state index in [-0.39, 0.29) is 11.4 Å². The van der Waals surface area contributed by atoms with Gasteiger partial charge in [0.05, 0.1) is 19.3 Å². The molecule has 0 aromatic carbocycles. The molecule has 16 heavy (non-hydrogen) atoms. The van der Waals surface area contributed by atoms with Crippen LogP contribution in [-0.4, -0.2) is 37.9 Å². The van der Waals surface area contributed by atoms with E-state index in [4.69, 9.17) is 9.47 Å². The van der Waals surface area contributed by atoms with Crippen LogP contribution in [0.25, 0.3) is 0 Å². The number of rotatable bonds is 4. The first-order valence-corrected chi connectivity index (χ1v) is 6.08. The van der Waals surface area contributed by atoms with E-state index in [1.807, 2.05) is 6.92 Å². The fourth-order valence-electron chi connectivity index (χ4n) is 3.14. The van der Waals surface area contributed by atoms with Gasteiger partial charge in [-0.1, -0.05) is 13.8 Å². The fraction of sp³-hybridized carbons (Fsp3) is 0.917. The Morgan fingerprint density at radius 2 is 2.31 bits per heavy atom. The van der Waals surface area contributed by atoms with Gasteiger partial charge in [-0.05, 0) is 13.3 Å². The van der Waals surface area contributed by atoms with Crippen LogP contribution in [0.5, 0.6) is 0 Å². The smallest absolute Gasteiger partial charge is 0.319 e. The topological polar surface area (TPSA) is 47.6 Å². The molecular weight excluding hydrogens is 206 g/mol. The highest BCUT2D eigenvalue weighted by Gasteiger charge is 2.59. The van der Waals surface area contributed by atoms with Crippen molar-refractivity contribution < 1.29 is 14.3 Å². The van der Waals surface area contributed by atoms with E-state index in [0.29, 0.717) is 31.2 Å². The molecule has 92 valence electrons. The zero-order chi connectivity index (χ0) is 11.8. The first kappa shape index (κ1) is 11.9. The molecule has 0 bridgehead atoms. The first-order chi connectivity index (χ1) is 7.57. The Hall–Kier alpha value is -0.610. The van der Waals surface area contributed by atoms with E-state index in [1.54, 1.807) is 0 Å². The number of carbonyl (C=O) groups is 1. The number of carbonyl (C=O) groups excluding carboxylic acids is 1. The molecular formula is C12H21NO3. The lowest BCUT2D eigenvalue weighted by molar-refractivity contribution is -0.145. The van der Waals surface area contributed by atoms with Crippen molar-refractivity contribution in [1.82, 2.24) is 5.32 Å². The van der Waals surface area contributed by atoms with Crippen LogP contribution in [0.15, 0.2) is 0 Å². The second kappa shape index (κ2) is 4.34. The fourth-order valence-corrected chi connectivity index (χ4v) is 3.14. The molecule has 4 heteroatoms. The van der Waals surface area contributed by atoms with Crippen molar-refractivity contribution in [3.63, 3.8) is 0 Å². The van der Waals surface area contributed by atoms with Gasteiger partial charge in [-0.2, -0.15) is 0 Å². The zero-order valence-corrected chi connectivity index (χ0v) is 10.3. The number of fused-ring (bicyclic) bond motifs is 1. The van der Waals surface area contributed by atoms with E-state index in [2.05, 4.69) is 19.2 Å². The monoisotopic (exact) mass is 227 g/mol. The maximum atomic E-state index is 11.3. The molecule has 0 aromatic heterocycles. The summed E-state index contributed by atoms with van der Waals surface area (Å²) in [4.78, 5) is 11.3. The van der Waals surface area contributed by atoms with Crippen molar-refractivity contribution in [3.05, 3.63) is 0 Å². The molecule has 4 nitrogen and oxygen atoms in total. The number of esters is 1. The van der Waals surface area contributed by atoms with Crippen LogP contribution in [0.4, 0.5) is 0 Å². The van der Waals surface area contributed by atoms with Crippen LogP contribution in [-0.2, 0) is 14.3 Å². The third-order valence-electron chi connectivity index (χ3n) is 3.87. The molecule has 2 fully saturated rings. The number of hydrogen-bond donors (Lipinski definition) is 1. The largest absolute Gasteiger partial charge is 0.465 e. The summed E-state index contributed by atoms with van der Waals surface area (Å²) in [6.45, 7) is 7.84. The summed E-state index contributed by atoms with van der Waals surface area (Å²) in [5.41, 5.74) is 0.133. The standard InChI is InChI=1S/C12H21NO3/c1-4-15-9(14)7-13-10-8-5-6-16-11(8)12(10,2)3/h8,10-11,13H,4-7H2,1-3H3. The minimum Gasteiger partial charge on any atom is -0.465 e. The molecule has 0 radical (unpaired) electrons. The van der Waals surface area contributed by atoms with Gasteiger partial charge in [0.2, 0.25) is 0 Å². The van der Waals surface area contributed by atoms with Crippen molar-refractivity contribution in [2.45, 2.75) is 39.3 Å². The van der Waals surface area contributed by atoms with Crippen molar-refractivity contribution in [3.8, 4) is 0 Å². The Kier molecular flexibility index (Phi) is 3.22. The highest BCUT2D eigenvalue weighted by atomic mass is 16.5. The molecule has 3 unspecified atom stereocenters. The molecule has 1 saturated heterocycles. The molecule has 0 spiro atoms. The van der Waals surface area contributed by atoms with E-state index in [9.17, 15) is 4.79 Å². The zero-order valence-electron chi connectivity index (χ0n) is 10.3. The highest BCUT2D eigenvalue weighted by molar-refractivity contribution is 5.71. The average Bonchev–Trinajstić information content (AvgIpc) is 2.64. The molecule has 1 aliphatic carbocycles. The maximum absolute atomic E-state index is 11.3. The third kappa shape index (κ3) is 1.84. The quantitative estimate of drug-likeness (QED) is 0.726. The van der Waals surface area contributed by atoms with Crippen molar-refractivity contribution in [2.75, 3.05) is 19.8 Å². The lowest BCUT2D eigenvalue weighted by atomic mass is 9.57. The van der Waals surface area contributed by atoms with E-state index in [0.717, 1.165) is 13.0 Å². The number of hydrogen-bond acceptors (Lipinski definition) is 4. The van der Waals surface area contributed by atoms with Gasteiger partial charge >= 0.3 is 5.97 Å². The lowest BCUT2D eigenvalue weighted by Crippen LogP contribution is -2.66. The van der Waals surface area contributed by atoms with Crippen LogP contribution in [0, 0.1) is 11.3 Å². The van der Waals surface area contributed by atoms with Gasteiger partial charge in [0, 0.05) is 24.0 Å². The second-order valence-electron chi connectivity index (χ2n) is 5.23. The summed E-state index contributed by atoms with van der Waals surface area (Å²) < 4.78 is 10.6. The Bertz CT molecular complexity index is 277. The summed E-state index contributed by atoms with van der Waals surface area (Å²) in [6.07, 6.45) is 1.47. The van der Waals surface area contributed by atoms with Crippen molar-refractivity contribution in [1.29, 1.82) is 0 Å². The van der Waals surface area contributed by atoms with E-state index >= 15 is 0 Å². The van der Waals surface area contributed by atoms with E-state index < -0.39 is 0 Å². The Morgan fingerprint density at radius 3 is 3.00 bits per heavy atom. The number of nitrogens with one attached hydrogen (secondary N) is 1. The van der Waals surface area contributed by atoms with Crippen LogP contribution in [0.2, 0.25) is 0 Å². The molecule has 0 amide bonds. The van der Waals surface area contributed by atoms with Crippen LogP contribution < -0.4 is 5.32 Å². The molecule has 1 aliphatic heterocycles. The van der Waals surface area contributed by atoms with Gasteiger partial charge in [-0.3, -0.25) is 4.79 Å². The Morgan fingerprint density at radius 1 is 1.56 bits per heavy atom. The summed E-state index contributed by atoms with van der Waals surface area (Å²) >= 11 is 0. The second-order valence-corrected chi connectivity index (χ2v) is 5.23. The van der Waals surface area contributed by atoms with Gasteiger partial charge in [0.1, 0.15) is 0 Å². The molecule has 2 rings (SSSR count). The lowest BCUT2D eigenvalue weighted by Gasteiger charge is -2.54. The maximum Gasteiger partial charge on any atom is 0.319 e. The van der Waals surface area contributed by atoms with Crippen LogP contribution >= 0.6 is 0 Å². The van der Waals surface area contributed by atoms with Gasteiger partial charge < -0.3 is 14.8 Å². The first-order valence-electron chi connectivity index (χ1n) is 6.08. The van der Waals surface area contributed by atoms with Crippen LogP contribution in [0.3, 0.4) is 0 Å².